The molecule has 282 valence electrons. The second-order valence-corrected chi connectivity index (χ2v) is 15.8. The Labute approximate surface area is 356 Å². The van der Waals surface area contributed by atoms with Crippen LogP contribution in [0.15, 0.2) is 168 Å². The van der Waals surface area contributed by atoms with E-state index in [4.69, 9.17) is 11.0 Å². The molecule has 3 heterocycles. The highest BCUT2D eigenvalue weighted by atomic mass is 16.3. The summed E-state index contributed by atoms with van der Waals surface area (Å²) in [6.45, 7) is 7.80. The van der Waals surface area contributed by atoms with Crippen LogP contribution in [-0.2, 0) is 0 Å². The Morgan fingerprint density at radius 1 is 0.468 bits per heavy atom. The molecule has 10 aromatic rings. The first-order valence-electron chi connectivity index (χ1n) is 20.1. The lowest BCUT2D eigenvalue weighted by molar-refractivity contribution is 0.669. The number of nitrogens with zero attached hydrogens (tertiary/aromatic N) is 6. The molecule has 0 amide bonds. The van der Waals surface area contributed by atoms with Crippen molar-refractivity contribution < 1.29 is 4.42 Å². The van der Waals surface area contributed by atoms with Crippen molar-refractivity contribution in [2.24, 2.45) is 0 Å². The molecule has 0 radical (unpaired) electrons. The number of nitriles is 3. The summed E-state index contributed by atoms with van der Waals surface area (Å²) in [5.41, 5.74) is 13.2. The molecule has 0 N–H and O–H groups in total. The number of furan rings is 1. The van der Waals surface area contributed by atoms with Crippen LogP contribution >= 0.6 is 0 Å². The summed E-state index contributed by atoms with van der Waals surface area (Å²) < 4.78 is 6.27. The van der Waals surface area contributed by atoms with Crippen molar-refractivity contribution in [1.29, 1.82) is 15.8 Å². The van der Waals surface area contributed by atoms with Crippen LogP contribution in [0.4, 0.5) is 39.8 Å². The van der Waals surface area contributed by atoms with Gasteiger partial charge < -0.3 is 14.2 Å². The molecule has 0 aliphatic carbocycles. The summed E-state index contributed by atoms with van der Waals surface area (Å²) in [5, 5.41) is 37.2. The third kappa shape index (κ3) is 5.15. The molecule has 8 heteroatoms. The largest absolute Gasteiger partial charge is 0.456 e. The van der Waals surface area contributed by atoms with Gasteiger partial charge in [0.1, 0.15) is 11.2 Å². The van der Waals surface area contributed by atoms with Crippen LogP contribution in [0.25, 0.3) is 59.5 Å². The van der Waals surface area contributed by atoms with Crippen molar-refractivity contribution in [1.82, 2.24) is 0 Å². The van der Waals surface area contributed by atoms with Gasteiger partial charge in [-0.3, -0.25) is 0 Å². The van der Waals surface area contributed by atoms with Crippen LogP contribution in [0.2, 0.25) is 0 Å². The van der Waals surface area contributed by atoms with Gasteiger partial charge in [0.2, 0.25) is 0 Å². The molecule has 0 saturated carbocycles. The molecule has 7 nitrogen and oxygen atoms in total. The standard InChI is InChI=1S/C54H27BN6O/c1-59-41-17-34(31-58)20-43(28-41)61-49-25-38-11-5-3-9-36(38)23-47(49)55-46-22-35-8-2-4-10-37(35)24-48(46)60(42-18-32(29-56)16-33(19-42)30-57)50-26-40(27-51(61)54(50)55)39-14-15-53-45(21-39)44-12-6-7-13-52(44)62-53/h2-28H. The van der Waals surface area contributed by atoms with E-state index in [9.17, 15) is 15.8 Å². The van der Waals surface area contributed by atoms with Gasteiger partial charge in [-0.1, -0.05) is 84.9 Å². The third-order valence-electron chi connectivity index (χ3n) is 12.4. The van der Waals surface area contributed by atoms with Crippen LogP contribution in [-0.4, -0.2) is 6.71 Å². The molecule has 12 rings (SSSR count). The van der Waals surface area contributed by atoms with E-state index < -0.39 is 0 Å². The zero-order valence-corrected chi connectivity index (χ0v) is 32.8. The summed E-state index contributed by atoms with van der Waals surface area (Å²) in [4.78, 5) is 8.23. The maximum atomic E-state index is 10.3. The quantitative estimate of drug-likeness (QED) is 0.131. The van der Waals surface area contributed by atoms with Gasteiger partial charge in [0.25, 0.3) is 6.71 Å². The molecule has 2 aliphatic rings. The number of hydrogen-bond donors (Lipinski definition) is 0. The van der Waals surface area contributed by atoms with E-state index in [-0.39, 0.29) is 6.71 Å². The Morgan fingerprint density at radius 3 is 1.56 bits per heavy atom. The van der Waals surface area contributed by atoms with Crippen LogP contribution in [0.3, 0.4) is 0 Å². The minimum absolute atomic E-state index is 0.255. The molecule has 0 unspecified atom stereocenters. The first kappa shape index (κ1) is 34.9. The highest BCUT2D eigenvalue weighted by Crippen LogP contribution is 2.48. The van der Waals surface area contributed by atoms with Gasteiger partial charge >= 0.3 is 0 Å². The van der Waals surface area contributed by atoms with Crippen molar-refractivity contribution >= 4 is 106 Å². The summed E-state index contributed by atoms with van der Waals surface area (Å²) in [5.74, 6) is 0. The SMILES string of the molecule is [C-]#[N+]c1cc(C#N)cc(N2c3cc4ccccc4cc3B3c4cc5ccccc5cc4N(c4cc(C#N)cc(C#N)c4)c4cc(-c5ccc6oc7ccccc7c6c5)cc2c43)c1. The normalized spacial score (nSPS) is 12.4. The zero-order valence-electron chi connectivity index (χ0n) is 32.8. The maximum Gasteiger partial charge on any atom is 0.252 e. The molecule has 62 heavy (non-hydrogen) atoms. The summed E-state index contributed by atoms with van der Waals surface area (Å²) in [6, 6.07) is 62.0. The predicted molar refractivity (Wildman–Crippen MR) is 249 cm³/mol. The third-order valence-corrected chi connectivity index (χ3v) is 12.4. The average molecular weight is 787 g/mol. The van der Waals surface area contributed by atoms with Crippen LogP contribution < -0.4 is 26.2 Å². The lowest BCUT2D eigenvalue weighted by Gasteiger charge is -2.45. The number of benzene rings is 9. The molecular weight excluding hydrogens is 759 g/mol. The average Bonchev–Trinajstić information content (AvgIpc) is 3.70. The van der Waals surface area contributed by atoms with Gasteiger partial charge in [0.05, 0.1) is 35.9 Å². The molecular formula is C54H27BN6O. The molecule has 0 bridgehead atoms. The molecule has 0 fully saturated rings. The highest BCUT2D eigenvalue weighted by molar-refractivity contribution is 7.00. The Morgan fingerprint density at radius 2 is 0.984 bits per heavy atom. The summed E-state index contributed by atoms with van der Waals surface area (Å²) >= 11 is 0. The number of fused-ring (bicyclic) bond motifs is 9. The molecule has 0 spiro atoms. The van der Waals surface area contributed by atoms with Crippen molar-refractivity contribution in [2.45, 2.75) is 0 Å². The van der Waals surface area contributed by atoms with E-state index in [1.165, 1.54) is 0 Å². The van der Waals surface area contributed by atoms with E-state index in [0.717, 1.165) is 93.7 Å². The molecule has 9 aromatic carbocycles. The molecule has 1 aromatic heterocycles. The minimum Gasteiger partial charge on any atom is -0.456 e. The lowest BCUT2D eigenvalue weighted by Crippen LogP contribution is -2.61. The smallest absolute Gasteiger partial charge is 0.252 e. The Balaban J connectivity index is 1.25. The van der Waals surface area contributed by atoms with Gasteiger partial charge in [-0.25, -0.2) is 4.85 Å². The van der Waals surface area contributed by atoms with Gasteiger partial charge in [-0.2, -0.15) is 15.8 Å². The number of rotatable bonds is 3. The van der Waals surface area contributed by atoms with Gasteiger partial charge in [-0.05, 0) is 128 Å². The summed E-state index contributed by atoms with van der Waals surface area (Å²) in [7, 11) is 0. The van der Waals surface area contributed by atoms with Crippen LogP contribution in [0.5, 0.6) is 0 Å². The van der Waals surface area contributed by atoms with Crippen molar-refractivity contribution in [2.75, 3.05) is 9.80 Å². The first-order valence-corrected chi connectivity index (χ1v) is 20.1. The Bertz CT molecular complexity index is 3550. The zero-order chi connectivity index (χ0) is 41.6. The van der Waals surface area contributed by atoms with Crippen molar-refractivity contribution in [3.63, 3.8) is 0 Å². The molecule has 2 aliphatic heterocycles. The van der Waals surface area contributed by atoms with Crippen molar-refractivity contribution in [3.05, 3.63) is 192 Å². The predicted octanol–water partition coefficient (Wildman–Crippen LogP) is 11.8. The second-order valence-electron chi connectivity index (χ2n) is 15.8. The number of para-hydroxylation sites is 1. The molecule has 0 saturated heterocycles. The fraction of sp³-hybridized carbons (Fsp3) is 0. The van der Waals surface area contributed by atoms with E-state index in [1.54, 1.807) is 12.1 Å². The van der Waals surface area contributed by atoms with Crippen LogP contribution in [0.1, 0.15) is 16.7 Å². The summed E-state index contributed by atoms with van der Waals surface area (Å²) in [6.07, 6.45) is 0. The second kappa shape index (κ2) is 13.2. The topological polar surface area (TPSA) is 95.4 Å². The van der Waals surface area contributed by atoms with Gasteiger partial charge in [0, 0.05) is 50.5 Å². The van der Waals surface area contributed by atoms with Crippen LogP contribution in [0, 0.1) is 40.6 Å². The monoisotopic (exact) mass is 786 g/mol. The maximum absolute atomic E-state index is 10.3. The fourth-order valence-electron chi connectivity index (χ4n) is 9.72. The number of hydrogen-bond acceptors (Lipinski definition) is 6. The highest BCUT2D eigenvalue weighted by Gasteiger charge is 2.44. The van der Waals surface area contributed by atoms with E-state index in [1.807, 2.05) is 60.7 Å². The van der Waals surface area contributed by atoms with E-state index in [2.05, 4.69) is 124 Å². The van der Waals surface area contributed by atoms with Gasteiger partial charge in [0.15, 0.2) is 5.69 Å². The first-order chi connectivity index (χ1) is 30.5. The molecule has 0 atom stereocenters. The minimum atomic E-state index is -0.255. The lowest BCUT2D eigenvalue weighted by atomic mass is 9.33. The number of anilines is 6. The van der Waals surface area contributed by atoms with Crippen molar-refractivity contribution in [3.8, 4) is 29.3 Å². The fourth-order valence-corrected chi connectivity index (χ4v) is 9.72. The Hall–Kier alpha value is -9.08. The van der Waals surface area contributed by atoms with E-state index in [0.29, 0.717) is 33.8 Å². The van der Waals surface area contributed by atoms with Gasteiger partial charge in [-0.15, -0.1) is 0 Å². The Kier molecular flexibility index (Phi) is 7.45. The van der Waals surface area contributed by atoms with E-state index >= 15 is 0 Å².